The standard InChI is InChI=1S/C24H24FN5O2/c1-4-29-16(3)19(12-13-21(31)26-20-14-18(25)11-10-15(20)2)23(32)30-24(29)27-22(28-30)17-8-6-5-7-9-17/h5-11,14H,4,12-13H2,1-3H3,(H,26,31). The van der Waals surface area contributed by atoms with E-state index in [1.54, 1.807) is 13.0 Å². The number of halogens is 1. The zero-order chi connectivity index (χ0) is 22.8. The lowest BCUT2D eigenvalue weighted by Crippen LogP contribution is -2.27. The van der Waals surface area contributed by atoms with Gasteiger partial charge in [-0.25, -0.2) is 4.39 Å². The van der Waals surface area contributed by atoms with Gasteiger partial charge in [0.2, 0.25) is 11.7 Å². The van der Waals surface area contributed by atoms with Gasteiger partial charge in [-0.3, -0.25) is 9.59 Å². The molecule has 0 atom stereocenters. The Balaban J connectivity index is 1.64. The number of nitrogens with zero attached hydrogens (tertiary/aromatic N) is 4. The first kappa shape index (κ1) is 21.4. The first-order valence-corrected chi connectivity index (χ1v) is 10.5. The average molecular weight is 433 g/mol. The number of aryl methyl sites for hydroxylation is 2. The summed E-state index contributed by atoms with van der Waals surface area (Å²) >= 11 is 0. The van der Waals surface area contributed by atoms with Crippen LogP contribution in [-0.4, -0.2) is 25.1 Å². The zero-order valence-electron chi connectivity index (χ0n) is 18.2. The number of rotatable bonds is 6. The molecular formula is C24H24FN5O2. The Labute approximate surface area is 184 Å². The molecule has 32 heavy (non-hydrogen) atoms. The third-order valence-electron chi connectivity index (χ3n) is 5.55. The summed E-state index contributed by atoms with van der Waals surface area (Å²) in [6.45, 7) is 6.22. The molecule has 2 aromatic heterocycles. The molecule has 0 unspecified atom stereocenters. The van der Waals surface area contributed by atoms with E-state index >= 15 is 0 Å². The van der Waals surface area contributed by atoms with Crippen molar-refractivity contribution < 1.29 is 9.18 Å². The van der Waals surface area contributed by atoms with Crippen molar-refractivity contribution >= 4 is 17.4 Å². The lowest BCUT2D eigenvalue weighted by atomic mass is 10.1. The molecule has 2 aromatic carbocycles. The molecule has 8 heteroatoms. The third-order valence-corrected chi connectivity index (χ3v) is 5.55. The minimum absolute atomic E-state index is 0.0848. The van der Waals surface area contributed by atoms with Crippen LogP contribution < -0.4 is 10.9 Å². The van der Waals surface area contributed by atoms with Crippen molar-refractivity contribution in [3.8, 4) is 11.4 Å². The van der Waals surface area contributed by atoms with Gasteiger partial charge in [0.15, 0.2) is 5.82 Å². The smallest absolute Gasteiger partial charge is 0.279 e. The Morgan fingerprint density at radius 2 is 1.88 bits per heavy atom. The Kier molecular flexibility index (Phi) is 5.85. The number of benzene rings is 2. The molecule has 0 fully saturated rings. The molecule has 0 saturated carbocycles. The molecule has 4 rings (SSSR count). The maximum atomic E-state index is 13.5. The molecule has 1 N–H and O–H groups in total. The molecule has 0 spiro atoms. The molecular weight excluding hydrogens is 409 g/mol. The van der Waals surface area contributed by atoms with Gasteiger partial charge in [-0.1, -0.05) is 36.4 Å². The van der Waals surface area contributed by atoms with Crippen molar-refractivity contribution in [3.05, 3.63) is 81.5 Å². The fourth-order valence-electron chi connectivity index (χ4n) is 3.77. The molecule has 164 valence electrons. The number of amides is 1. The van der Waals surface area contributed by atoms with E-state index in [9.17, 15) is 14.0 Å². The van der Waals surface area contributed by atoms with Crippen LogP contribution in [0.1, 0.15) is 30.2 Å². The number of nitrogens with one attached hydrogen (secondary N) is 1. The summed E-state index contributed by atoms with van der Waals surface area (Å²) in [5.74, 6) is 0.237. The van der Waals surface area contributed by atoms with Gasteiger partial charge >= 0.3 is 0 Å². The molecule has 4 aromatic rings. The summed E-state index contributed by atoms with van der Waals surface area (Å²) in [4.78, 5) is 30.3. The normalized spacial score (nSPS) is 11.1. The van der Waals surface area contributed by atoms with E-state index in [1.807, 2.05) is 48.7 Å². The summed E-state index contributed by atoms with van der Waals surface area (Å²) in [7, 11) is 0. The third kappa shape index (κ3) is 4.03. The lowest BCUT2D eigenvalue weighted by Gasteiger charge is -2.14. The van der Waals surface area contributed by atoms with Crippen molar-refractivity contribution in [2.75, 3.05) is 5.32 Å². The lowest BCUT2D eigenvalue weighted by molar-refractivity contribution is -0.116. The summed E-state index contributed by atoms with van der Waals surface area (Å²) < 4.78 is 16.7. The van der Waals surface area contributed by atoms with Gasteiger partial charge in [0.25, 0.3) is 5.56 Å². The van der Waals surface area contributed by atoms with Gasteiger partial charge < -0.3 is 9.88 Å². The highest BCUT2D eigenvalue weighted by Gasteiger charge is 2.19. The minimum atomic E-state index is -0.418. The molecule has 1 amide bonds. The van der Waals surface area contributed by atoms with Crippen LogP contribution in [0.3, 0.4) is 0 Å². The second-order valence-corrected chi connectivity index (χ2v) is 7.63. The van der Waals surface area contributed by atoms with Gasteiger partial charge in [-0.15, -0.1) is 5.10 Å². The van der Waals surface area contributed by atoms with Crippen LogP contribution in [0.5, 0.6) is 0 Å². The number of hydrogen-bond donors (Lipinski definition) is 1. The van der Waals surface area contributed by atoms with Gasteiger partial charge in [-0.05, 0) is 44.9 Å². The first-order valence-electron chi connectivity index (χ1n) is 10.5. The van der Waals surface area contributed by atoms with Crippen LogP contribution in [0.2, 0.25) is 0 Å². The first-order chi connectivity index (χ1) is 15.4. The van der Waals surface area contributed by atoms with Crippen molar-refractivity contribution in [2.45, 2.75) is 40.2 Å². The van der Waals surface area contributed by atoms with Gasteiger partial charge in [0.1, 0.15) is 5.82 Å². The fourth-order valence-corrected chi connectivity index (χ4v) is 3.77. The van der Waals surface area contributed by atoms with Crippen molar-refractivity contribution in [2.24, 2.45) is 0 Å². The highest BCUT2D eigenvalue weighted by atomic mass is 19.1. The average Bonchev–Trinajstić information content (AvgIpc) is 3.22. The second-order valence-electron chi connectivity index (χ2n) is 7.63. The van der Waals surface area contributed by atoms with Crippen LogP contribution in [-0.2, 0) is 17.8 Å². The molecule has 0 aliphatic rings. The SMILES string of the molecule is CCn1c(C)c(CCC(=O)Nc2cc(F)ccc2C)c(=O)n2nc(-c3ccccc3)nc12. The Bertz CT molecular complexity index is 1360. The molecule has 0 aliphatic heterocycles. The number of hydrogen-bond acceptors (Lipinski definition) is 4. The van der Waals surface area contributed by atoms with Crippen molar-refractivity contribution in [1.82, 2.24) is 19.2 Å². The number of carbonyl (C=O) groups excluding carboxylic acids is 1. The number of aromatic nitrogens is 4. The van der Waals surface area contributed by atoms with E-state index < -0.39 is 5.82 Å². The molecule has 0 saturated heterocycles. The largest absolute Gasteiger partial charge is 0.326 e. The Hall–Kier alpha value is -3.81. The second kappa shape index (κ2) is 8.74. The summed E-state index contributed by atoms with van der Waals surface area (Å²) in [5, 5.41) is 7.17. The van der Waals surface area contributed by atoms with E-state index in [-0.39, 0.29) is 24.3 Å². The van der Waals surface area contributed by atoms with Crippen LogP contribution in [0.25, 0.3) is 17.2 Å². The van der Waals surface area contributed by atoms with E-state index in [2.05, 4.69) is 15.4 Å². The number of fused-ring (bicyclic) bond motifs is 1. The van der Waals surface area contributed by atoms with Crippen LogP contribution >= 0.6 is 0 Å². The predicted octanol–water partition coefficient (Wildman–Crippen LogP) is 3.91. The molecule has 0 bridgehead atoms. The predicted molar refractivity (Wildman–Crippen MR) is 121 cm³/mol. The summed E-state index contributed by atoms with van der Waals surface area (Å²) in [6, 6.07) is 13.7. The summed E-state index contributed by atoms with van der Waals surface area (Å²) in [6.07, 6.45) is 0.322. The molecule has 2 heterocycles. The molecule has 0 aliphatic carbocycles. The highest BCUT2D eigenvalue weighted by molar-refractivity contribution is 5.91. The quantitative estimate of drug-likeness (QED) is 0.500. The Morgan fingerprint density at radius 1 is 1.12 bits per heavy atom. The van der Waals surface area contributed by atoms with Gasteiger partial charge in [0, 0.05) is 35.5 Å². The molecule has 7 nitrogen and oxygen atoms in total. The van der Waals surface area contributed by atoms with E-state index in [0.717, 1.165) is 16.8 Å². The maximum absolute atomic E-state index is 13.5. The monoisotopic (exact) mass is 433 g/mol. The van der Waals surface area contributed by atoms with Gasteiger partial charge in [-0.2, -0.15) is 9.50 Å². The summed E-state index contributed by atoms with van der Waals surface area (Å²) in [5.41, 5.74) is 2.99. The topological polar surface area (TPSA) is 81.3 Å². The maximum Gasteiger partial charge on any atom is 0.279 e. The van der Waals surface area contributed by atoms with E-state index in [1.165, 1.54) is 16.6 Å². The van der Waals surface area contributed by atoms with Gasteiger partial charge in [0.05, 0.1) is 0 Å². The number of carbonyl (C=O) groups is 1. The van der Waals surface area contributed by atoms with E-state index in [4.69, 9.17) is 0 Å². The van der Waals surface area contributed by atoms with E-state index in [0.29, 0.717) is 29.4 Å². The minimum Gasteiger partial charge on any atom is -0.326 e. The van der Waals surface area contributed by atoms with Crippen LogP contribution in [0.4, 0.5) is 10.1 Å². The zero-order valence-corrected chi connectivity index (χ0v) is 18.2. The Morgan fingerprint density at radius 3 is 2.59 bits per heavy atom. The fraction of sp³-hybridized carbons (Fsp3) is 0.250. The van der Waals surface area contributed by atoms with Crippen LogP contribution in [0.15, 0.2) is 53.3 Å². The number of anilines is 1. The van der Waals surface area contributed by atoms with Crippen LogP contribution in [0, 0.1) is 19.7 Å². The van der Waals surface area contributed by atoms with Crippen molar-refractivity contribution in [1.29, 1.82) is 0 Å². The highest BCUT2D eigenvalue weighted by Crippen LogP contribution is 2.19. The molecule has 0 radical (unpaired) electrons. The van der Waals surface area contributed by atoms with Crippen molar-refractivity contribution in [3.63, 3.8) is 0 Å².